The van der Waals surface area contributed by atoms with E-state index in [1.165, 1.54) is 56.3 Å². The summed E-state index contributed by atoms with van der Waals surface area (Å²) in [4.78, 5) is 0.767. The largest absolute Gasteiger partial charge is 0.395 e. The van der Waals surface area contributed by atoms with Crippen LogP contribution in [0, 0.1) is 11.8 Å². The van der Waals surface area contributed by atoms with E-state index in [0.717, 1.165) is 23.3 Å². The van der Waals surface area contributed by atoms with Crippen molar-refractivity contribution >= 4 is 11.3 Å². The van der Waals surface area contributed by atoms with Crippen molar-refractivity contribution in [1.29, 1.82) is 0 Å². The second kappa shape index (κ2) is 12.5. The van der Waals surface area contributed by atoms with Crippen LogP contribution in [0.25, 0.3) is 0 Å². The molecule has 1 aromatic rings. The first-order valence-electron chi connectivity index (χ1n) is 8.80. The quantitative estimate of drug-likeness (QED) is 0.422. The summed E-state index contributed by atoms with van der Waals surface area (Å²) in [5.74, 6) is 6.34. The van der Waals surface area contributed by atoms with Crippen LogP contribution < -0.4 is 5.73 Å². The zero-order valence-electron chi connectivity index (χ0n) is 14.3. The molecule has 1 rings (SSSR count). The fraction of sp³-hybridized carbons (Fsp3) is 0.684. The molecular formula is C19H31NO2S. The van der Waals surface area contributed by atoms with Crippen molar-refractivity contribution in [3.05, 3.63) is 21.9 Å². The van der Waals surface area contributed by atoms with Gasteiger partial charge in [-0.1, -0.05) is 63.7 Å². The summed E-state index contributed by atoms with van der Waals surface area (Å²) in [5.41, 5.74) is 6.56. The third-order valence-corrected chi connectivity index (χ3v) is 4.92. The number of hydrogen-bond acceptors (Lipinski definition) is 4. The van der Waals surface area contributed by atoms with Crippen LogP contribution in [0.1, 0.15) is 81.3 Å². The van der Waals surface area contributed by atoms with E-state index in [-0.39, 0.29) is 6.61 Å². The monoisotopic (exact) mass is 337 g/mol. The average Bonchev–Trinajstić information content (AvgIpc) is 3.04. The molecule has 23 heavy (non-hydrogen) atoms. The average molecular weight is 338 g/mol. The standard InChI is InChI=1S/C19H31NO2S/c1-2-3-4-5-6-7-8-9-10-11-12-16-13-18(23-15-16)19(22)17(20)14-21/h13,15,17,19,21-22H,2-10,14,20H2,1H3. The van der Waals surface area contributed by atoms with Crippen molar-refractivity contribution in [1.82, 2.24) is 0 Å². The van der Waals surface area contributed by atoms with Crippen LogP contribution in [-0.2, 0) is 0 Å². The summed E-state index contributed by atoms with van der Waals surface area (Å²) in [6.45, 7) is 2.02. The number of aliphatic hydroxyl groups excluding tert-OH is 2. The number of aliphatic hydroxyl groups is 2. The van der Waals surface area contributed by atoms with Crippen molar-refractivity contribution in [3.63, 3.8) is 0 Å². The molecule has 0 aliphatic carbocycles. The van der Waals surface area contributed by atoms with Gasteiger partial charge >= 0.3 is 0 Å². The SMILES string of the molecule is CCCCCCCCCCC#Cc1csc(C(O)C(N)CO)c1. The molecule has 0 saturated carbocycles. The lowest BCUT2D eigenvalue weighted by Crippen LogP contribution is -2.31. The Morgan fingerprint density at radius 3 is 2.43 bits per heavy atom. The summed E-state index contributed by atoms with van der Waals surface area (Å²) in [6.07, 6.45) is 10.6. The summed E-state index contributed by atoms with van der Waals surface area (Å²) in [6, 6.07) is 1.23. The van der Waals surface area contributed by atoms with Gasteiger partial charge in [0.15, 0.2) is 0 Å². The Bertz CT molecular complexity index is 475. The van der Waals surface area contributed by atoms with Crippen LogP contribution in [0.15, 0.2) is 11.4 Å². The molecule has 0 amide bonds. The Labute approximate surface area is 144 Å². The van der Waals surface area contributed by atoms with E-state index in [0.29, 0.717) is 0 Å². The fourth-order valence-electron chi connectivity index (χ4n) is 2.40. The molecule has 0 aliphatic heterocycles. The Balaban J connectivity index is 2.18. The number of unbranched alkanes of at least 4 members (excludes halogenated alkanes) is 8. The Morgan fingerprint density at radius 2 is 1.78 bits per heavy atom. The highest BCUT2D eigenvalue weighted by Crippen LogP contribution is 2.23. The number of rotatable bonds is 11. The normalized spacial score (nSPS) is 13.4. The van der Waals surface area contributed by atoms with Crippen molar-refractivity contribution in [3.8, 4) is 11.8 Å². The predicted octanol–water partition coefficient (Wildman–Crippen LogP) is 3.98. The highest BCUT2D eigenvalue weighted by atomic mass is 32.1. The zero-order valence-corrected chi connectivity index (χ0v) is 15.1. The van der Waals surface area contributed by atoms with Crippen LogP contribution in [-0.4, -0.2) is 22.9 Å². The van der Waals surface area contributed by atoms with Crippen LogP contribution in [0.5, 0.6) is 0 Å². The van der Waals surface area contributed by atoms with E-state index in [2.05, 4.69) is 18.8 Å². The van der Waals surface area contributed by atoms with Crippen LogP contribution >= 0.6 is 11.3 Å². The van der Waals surface area contributed by atoms with Gasteiger partial charge in [0.2, 0.25) is 0 Å². The van der Waals surface area contributed by atoms with Gasteiger partial charge in [0.1, 0.15) is 6.10 Å². The summed E-state index contributed by atoms with van der Waals surface area (Å²) >= 11 is 1.44. The molecule has 0 fully saturated rings. The van der Waals surface area contributed by atoms with E-state index in [9.17, 15) is 5.11 Å². The van der Waals surface area contributed by atoms with Crippen molar-refractivity contribution in [2.45, 2.75) is 76.9 Å². The van der Waals surface area contributed by atoms with Gasteiger partial charge in [-0.3, -0.25) is 0 Å². The lowest BCUT2D eigenvalue weighted by atomic mass is 10.1. The fourth-order valence-corrected chi connectivity index (χ4v) is 3.30. The lowest BCUT2D eigenvalue weighted by Gasteiger charge is -2.14. The van der Waals surface area contributed by atoms with Gasteiger partial charge in [-0.15, -0.1) is 11.3 Å². The number of thiophene rings is 1. The van der Waals surface area contributed by atoms with E-state index in [1.54, 1.807) is 0 Å². The predicted molar refractivity (Wildman–Crippen MR) is 98.4 cm³/mol. The molecule has 0 bridgehead atoms. The third kappa shape index (κ3) is 8.53. The number of nitrogens with two attached hydrogens (primary N) is 1. The topological polar surface area (TPSA) is 66.5 Å². The van der Waals surface area contributed by atoms with Gasteiger partial charge in [0.05, 0.1) is 12.6 Å². The highest BCUT2D eigenvalue weighted by Gasteiger charge is 2.17. The molecule has 2 unspecified atom stereocenters. The summed E-state index contributed by atoms with van der Waals surface area (Å²) in [5, 5.41) is 20.8. The van der Waals surface area contributed by atoms with Gasteiger partial charge in [-0.2, -0.15) is 0 Å². The minimum absolute atomic E-state index is 0.224. The van der Waals surface area contributed by atoms with Crippen LogP contribution in [0.2, 0.25) is 0 Å². The maximum atomic E-state index is 9.93. The van der Waals surface area contributed by atoms with Gasteiger partial charge in [-0.05, 0) is 12.5 Å². The first-order chi connectivity index (χ1) is 11.2. The molecule has 3 nitrogen and oxygen atoms in total. The van der Waals surface area contributed by atoms with E-state index in [4.69, 9.17) is 10.8 Å². The number of hydrogen-bond donors (Lipinski definition) is 3. The van der Waals surface area contributed by atoms with E-state index >= 15 is 0 Å². The first kappa shape index (κ1) is 20.2. The van der Waals surface area contributed by atoms with Gasteiger partial charge in [0, 0.05) is 22.2 Å². The van der Waals surface area contributed by atoms with Crippen molar-refractivity contribution < 1.29 is 10.2 Å². The molecule has 0 aromatic carbocycles. The molecule has 0 spiro atoms. The Morgan fingerprint density at radius 1 is 1.13 bits per heavy atom. The molecule has 130 valence electrons. The summed E-state index contributed by atoms with van der Waals surface area (Å²) in [7, 11) is 0. The molecular weight excluding hydrogens is 306 g/mol. The molecule has 4 N–H and O–H groups in total. The Hall–Kier alpha value is -0.860. The second-order valence-electron chi connectivity index (χ2n) is 6.06. The van der Waals surface area contributed by atoms with Crippen molar-refractivity contribution in [2.75, 3.05) is 6.61 Å². The van der Waals surface area contributed by atoms with Crippen molar-refractivity contribution in [2.24, 2.45) is 5.73 Å². The highest BCUT2D eigenvalue weighted by molar-refractivity contribution is 7.10. The van der Waals surface area contributed by atoms with E-state index < -0.39 is 12.1 Å². The molecule has 1 heterocycles. The van der Waals surface area contributed by atoms with Gasteiger partial charge in [-0.25, -0.2) is 0 Å². The first-order valence-corrected chi connectivity index (χ1v) is 9.68. The van der Waals surface area contributed by atoms with Gasteiger partial charge < -0.3 is 15.9 Å². The molecule has 0 radical (unpaired) electrons. The second-order valence-corrected chi connectivity index (χ2v) is 7.00. The third-order valence-electron chi connectivity index (χ3n) is 3.92. The van der Waals surface area contributed by atoms with Crippen LogP contribution in [0.3, 0.4) is 0 Å². The summed E-state index contributed by atoms with van der Waals surface area (Å²) < 4.78 is 0. The maximum Gasteiger partial charge on any atom is 0.105 e. The molecule has 0 saturated heterocycles. The Kier molecular flexibility index (Phi) is 11.0. The lowest BCUT2D eigenvalue weighted by molar-refractivity contribution is 0.112. The molecule has 2 atom stereocenters. The molecule has 1 aromatic heterocycles. The minimum atomic E-state index is -0.812. The van der Waals surface area contributed by atoms with E-state index in [1.807, 2.05) is 11.4 Å². The molecule has 4 heteroatoms. The van der Waals surface area contributed by atoms with Gasteiger partial charge in [0.25, 0.3) is 0 Å². The maximum absolute atomic E-state index is 9.93. The smallest absolute Gasteiger partial charge is 0.105 e. The zero-order chi connectivity index (χ0) is 16.9. The molecule has 0 aliphatic rings. The van der Waals surface area contributed by atoms with Crippen LogP contribution in [0.4, 0.5) is 0 Å². The minimum Gasteiger partial charge on any atom is -0.395 e.